The summed E-state index contributed by atoms with van der Waals surface area (Å²) in [6.45, 7) is 0.620. The number of imide groups is 1. The standard InChI is InChI=1S/C37H31N3O4S/c41-35-34(26-28-16-18-33(19-17-28)43-24-25-44-39-27-29-20-22-38-23-21-29)45-36(42)40(35)37(30-10-4-1-5-11-30,31-12-6-2-7-13-31)32-14-8-3-9-15-32/h1-23,27,34H,24-26H2. The van der Waals surface area contributed by atoms with Gasteiger partial charge in [0.15, 0.2) is 6.61 Å². The maximum absolute atomic E-state index is 14.3. The van der Waals surface area contributed by atoms with Gasteiger partial charge in [0.1, 0.15) is 17.9 Å². The molecule has 6 rings (SSSR count). The van der Waals surface area contributed by atoms with E-state index in [4.69, 9.17) is 9.57 Å². The van der Waals surface area contributed by atoms with Crippen molar-refractivity contribution in [1.29, 1.82) is 0 Å². The highest BCUT2D eigenvalue weighted by atomic mass is 32.2. The number of amides is 2. The zero-order valence-electron chi connectivity index (χ0n) is 24.4. The number of pyridine rings is 1. The summed E-state index contributed by atoms with van der Waals surface area (Å²) < 4.78 is 5.79. The van der Waals surface area contributed by atoms with E-state index in [-0.39, 0.29) is 11.1 Å². The molecule has 0 bridgehead atoms. The van der Waals surface area contributed by atoms with Crippen molar-refractivity contribution in [3.8, 4) is 5.75 Å². The Morgan fingerprint density at radius 1 is 0.733 bits per heavy atom. The number of rotatable bonds is 12. The molecule has 0 aliphatic carbocycles. The highest BCUT2D eigenvalue weighted by Gasteiger charge is 2.53. The van der Waals surface area contributed by atoms with Crippen LogP contribution in [0.3, 0.4) is 0 Å². The average molecular weight is 614 g/mol. The van der Waals surface area contributed by atoms with Gasteiger partial charge in [0.05, 0.1) is 11.5 Å². The third-order valence-corrected chi connectivity index (χ3v) is 8.64. The Hall–Kier alpha value is -5.21. The molecule has 1 saturated heterocycles. The van der Waals surface area contributed by atoms with Gasteiger partial charge in [-0.15, -0.1) is 0 Å². The fourth-order valence-corrected chi connectivity index (χ4v) is 6.61. The van der Waals surface area contributed by atoms with Crippen LogP contribution < -0.4 is 4.74 Å². The van der Waals surface area contributed by atoms with Crippen LogP contribution in [0, 0.1) is 0 Å². The molecule has 0 spiro atoms. The highest BCUT2D eigenvalue weighted by molar-refractivity contribution is 8.15. The van der Waals surface area contributed by atoms with Gasteiger partial charge < -0.3 is 9.57 Å². The number of nitrogens with zero attached hydrogens (tertiary/aromatic N) is 3. The van der Waals surface area contributed by atoms with Crippen LogP contribution in [0.25, 0.3) is 0 Å². The summed E-state index contributed by atoms with van der Waals surface area (Å²) >= 11 is 1.08. The molecule has 4 aromatic carbocycles. The minimum absolute atomic E-state index is 0.216. The highest BCUT2D eigenvalue weighted by Crippen LogP contribution is 2.47. The molecule has 0 radical (unpaired) electrons. The van der Waals surface area contributed by atoms with Crippen molar-refractivity contribution in [1.82, 2.24) is 9.88 Å². The van der Waals surface area contributed by atoms with E-state index < -0.39 is 10.8 Å². The van der Waals surface area contributed by atoms with Gasteiger partial charge in [-0.1, -0.05) is 120 Å². The molecule has 1 fully saturated rings. The average Bonchev–Trinajstić information content (AvgIpc) is 3.38. The normalized spacial score (nSPS) is 15.0. The van der Waals surface area contributed by atoms with Gasteiger partial charge in [0, 0.05) is 12.4 Å². The third-order valence-electron chi connectivity index (χ3n) is 7.60. The fourth-order valence-electron chi connectivity index (χ4n) is 5.55. The van der Waals surface area contributed by atoms with Crippen LogP contribution in [0.15, 0.2) is 145 Å². The molecular formula is C37H31N3O4S. The predicted octanol–water partition coefficient (Wildman–Crippen LogP) is 7.11. The lowest BCUT2D eigenvalue weighted by Gasteiger charge is -2.42. The first kappa shape index (κ1) is 29.8. The van der Waals surface area contributed by atoms with Crippen LogP contribution in [0.1, 0.15) is 27.8 Å². The summed E-state index contributed by atoms with van der Waals surface area (Å²) in [4.78, 5) is 38.9. The summed E-state index contributed by atoms with van der Waals surface area (Å²) in [5.41, 5.74) is 3.25. The number of oxime groups is 1. The second kappa shape index (κ2) is 14.1. The molecule has 5 aromatic rings. The molecule has 2 heterocycles. The molecule has 1 atom stereocenters. The Labute approximate surface area is 266 Å². The minimum atomic E-state index is -1.12. The van der Waals surface area contributed by atoms with Crippen molar-refractivity contribution in [3.05, 3.63) is 168 Å². The maximum Gasteiger partial charge on any atom is 0.290 e. The maximum atomic E-state index is 14.3. The second-order valence-electron chi connectivity index (χ2n) is 10.4. The van der Waals surface area contributed by atoms with E-state index in [2.05, 4.69) is 10.1 Å². The van der Waals surface area contributed by atoms with Crippen molar-refractivity contribution in [3.63, 3.8) is 0 Å². The summed E-state index contributed by atoms with van der Waals surface area (Å²) in [6.07, 6.45) is 5.41. The molecule has 1 aliphatic heterocycles. The first-order chi connectivity index (χ1) is 22.2. The van der Waals surface area contributed by atoms with E-state index in [9.17, 15) is 9.59 Å². The van der Waals surface area contributed by atoms with Gasteiger partial charge in [-0.05, 0) is 58.5 Å². The van der Waals surface area contributed by atoms with Gasteiger partial charge >= 0.3 is 0 Å². The van der Waals surface area contributed by atoms with Crippen LogP contribution in [0.2, 0.25) is 0 Å². The van der Waals surface area contributed by atoms with E-state index in [0.717, 1.165) is 39.6 Å². The monoisotopic (exact) mass is 613 g/mol. The number of aromatic nitrogens is 1. The van der Waals surface area contributed by atoms with E-state index in [1.165, 1.54) is 4.90 Å². The largest absolute Gasteiger partial charge is 0.490 e. The Kier molecular flexibility index (Phi) is 9.32. The summed E-state index contributed by atoms with van der Waals surface area (Å²) in [7, 11) is 0. The first-order valence-corrected chi connectivity index (χ1v) is 15.5. The molecule has 7 nitrogen and oxygen atoms in total. The van der Waals surface area contributed by atoms with E-state index in [1.54, 1.807) is 18.6 Å². The fraction of sp³-hybridized carbons (Fsp3) is 0.135. The van der Waals surface area contributed by atoms with Crippen LogP contribution in [-0.2, 0) is 21.6 Å². The molecule has 45 heavy (non-hydrogen) atoms. The van der Waals surface area contributed by atoms with Gasteiger partial charge in [-0.2, -0.15) is 0 Å². The number of carbonyl (C=O) groups excluding carboxylic acids is 2. The molecular weight excluding hydrogens is 582 g/mol. The minimum Gasteiger partial charge on any atom is -0.490 e. The SMILES string of the molecule is O=C1SC(Cc2ccc(OCCON=Cc3ccncc3)cc2)C(=O)N1C(c1ccccc1)(c1ccccc1)c1ccccc1. The molecule has 1 aromatic heterocycles. The predicted molar refractivity (Wildman–Crippen MR) is 176 cm³/mol. The first-order valence-electron chi connectivity index (χ1n) is 14.6. The molecule has 224 valence electrons. The molecule has 8 heteroatoms. The van der Waals surface area contributed by atoms with Gasteiger partial charge in [0.2, 0.25) is 5.91 Å². The van der Waals surface area contributed by atoms with Crippen molar-refractivity contribution >= 4 is 29.1 Å². The van der Waals surface area contributed by atoms with Gasteiger partial charge in [-0.3, -0.25) is 19.5 Å². The van der Waals surface area contributed by atoms with E-state index in [1.807, 2.05) is 127 Å². The number of hydrogen-bond acceptors (Lipinski definition) is 7. The number of benzene rings is 4. The molecule has 1 aliphatic rings. The summed E-state index contributed by atoms with van der Waals surface area (Å²) in [5, 5.41) is 3.11. The molecule has 1 unspecified atom stereocenters. The van der Waals surface area contributed by atoms with Crippen LogP contribution in [-0.4, -0.2) is 45.7 Å². The van der Waals surface area contributed by atoms with Crippen molar-refractivity contribution < 1.29 is 19.2 Å². The molecule has 0 N–H and O–H groups in total. The van der Waals surface area contributed by atoms with E-state index >= 15 is 0 Å². The van der Waals surface area contributed by atoms with Gasteiger partial charge in [0.25, 0.3) is 5.24 Å². The van der Waals surface area contributed by atoms with Crippen molar-refractivity contribution in [2.45, 2.75) is 17.2 Å². The van der Waals surface area contributed by atoms with Crippen LogP contribution in [0.4, 0.5) is 4.79 Å². The third kappa shape index (κ3) is 6.51. The molecule has 2 amide bonds. The molecule has 0 saturated carbocycles. The Morgan fingerprint density at radius 3 is 1.84 bits per heavy atom. The zero-order valence-corrected chi connectivity index (χ0v) is 25.3. The Bertz CT molecular complexity index is 1640. The number of hydrogen-bond donors (Lipinski definition) is 0. The lowest BCUT2D eigenvalue weighted by molar-refractivity contribution is -0.129. The number of thioether (sulfide) groups is 1. The smallest absolute Gasteiger partial charge is 0.290 e. The Balaban J connectivity index is 1.18. The summed E-state index contributed by atoms with van der Waals surface area (Å²) in [5.74, 6) is 0.464. The van der Waals surface area contributed by atoms with Crippen molar-refractivity contribution in [2.24, 2.45) is 5.16 Å². The topological polar surface area (TPSA) is 81.1 Å². The lowest BCUT2D eigenvalue weighted by atomic mass is 9.75. The quantitative estimate of drug-likeness (QED) is 0.0646. The van der Waals surface area contributed by atoms with E-state index in [0.29, 0.717) is 25.4 Å². The van der Waals surface area contributed by atoms with Crippen molar-refractivity contribution in [2.75, 3.05) is 13.2 Å². The summed E-state index contributed by atoms with van der Waals surface area (Å²) in [6, 6.07) is 40.6. The lowest BCUT2D eigenvalue weighted by Crippen LogP contribution is -2.51. The second-order valence-corrected chi connectivity index (χ2v) is 11.6. The van der Waals surface area contributed by atoms with Crippen LogP contribution in [0.5, 0.6) is 5.75 Å². The zero-order chi connectivity index (χ0) is 30.9. The Morgan fingerprint density at radius 2 is 1.29 bits per heavy atom. The number of ether oxygens (including phenoxy) is 1. The number of carbonyl (C=O) groups is 2. The van der Waals surface area contributed by atoms with Crippen LogP contribution >= 0.6 is 11.8 Å². The van der Waals surface area contributed by atoms with Gasteiger partial charge in [-0.25, -0.2) is 0 Å².